The molecule has 10 heteroatoms. The summed E-state index contributed by atoms with van der Waals surface area (Å²) in [6.07, 6.45) is 0.416. The molecule has 3 aromatic heterocycles. The van der Waals surface area contributed by atoms with Crippen molar-refractivity contribution in [2.45, 2.75) is 25.7 Å². The first kappa shape index (κ1) is 18.3. The number of carbonyl (C=O) groups is 1. The predicted molar refractivity (Wildman–Crippen MR) is 92.4 cm³/mol. The molecule has 4 rings (SSSR count). The average molecular weight is 390 g/mol. The highest BCUT2D eigenvalue weighted by atomic mass is 19.3. The summed E-state index contributed by atoms with van der Waals surface area (Å²) in [6, 6.07) is 3.58. The molecule has 3 aromatic rings. The maximum atomic E-state index is 13.5. The second kappa shape index (κ2) is 7.17. The van der Waals surface area contributed by atoms with Crippen molar-refractivity contribution in [1.29, 1.82) is 0 Å². The van der Waals surface area contributed by atoms with E-state index >= 15 is 0 Å². The van der Waals surface area contributed by atoms with E-state index in [1.165, 1.54) is 29.2 Å². The summed E-state index contributed by atoms with van der Waals surface area (Å²) in [4.78, 5) is 26.0. The van der Waals surface area contributed by atoms with Crippen LogP contribution in [0.1, 0.15) is 47.6 Å². The third-order valence-corrected chi connectivity index (χ3v) is 5.09. The van der Waals surface area contributed by atoms with E-state index in [-0.39, 0.29) is 35.5 Å². The second-order valence-electron chi connectivity index (χ2n) is 6.86. The van der Waals surface area contributed by atoms with Gasteiger partial charge in [0.25, 0.3) is 18.1 Å². The molecule has 0 radical (unpaired) electrons. The third-order valence-electron chi connectivity index (χ3n) is 5.09. The quantitative estimate of drug-likeness (QED) is 0.687. The van der Waals surface area contributed by atoms with Crippen molar-refractivity contribution in [1.82, 2.24) is 29.5 Å². The molecule has 0 aromatic carbocycles. The molecule has 1 saturated heterocycles. The Kier molecular flexibility index (Phi) is 4.70. The minimum Gasteiger partial charge on any atom is -0.337 e. The normalized spacial score (nSPS) is 20.1. The van der Waals surface area contributed by atoms with E-state index in [9.17, 15) is 18.0 Å². The van der Waals surface area contributed by atoms with Gasteiger partial charge in [-0.05, 0) is 24.5 Å². The van der Waals surface area contributed by atoms with Crippen LogP contribution in [0.5, 0.6) is 0 Å². The SMILES string of the molecule is C[C@@H]1CCN(C(=O)c2cc(F)ccn2)C[C@H]1c1cc(C(F)F)nc2ncnn12. The fourth-order valence-corrected chi connectivity index (χ4v) is 3.55. The van der Waals surface area contributed by atoms with Gasteiger partial charge in [0.15, 0.2) is 0 Å². The number of pyridine rings is 1. The van der Waals surface area contributed by atoms with Crippen LogP contribution in [0.4, 0.5) is 13.2 Å². The topological polar surface area (TPSA) is 76.3 Å². The average Bonchev–Trinajstić information content (AvgIpc) is 3.16. The molecule has 28 heavy (non-hydrogen) atoms. The summed E-state index contributed by atoms with van der Waals surface area (Å²) in [5, 5.41) is 4.10. The first-order chi connectivity index (χ1) is 13.4. The van der Waals surface area contributed by atoms with Gasteiger partial charge in [-0.2, -0.15) is 10.1 Å². The number of carbonyl (C=O) groups excluding carboxylic acids is 1. The Morgan fingerprint density at radius 2 is 2.11 bits per heavy atom. The first-order valence-corrected chi connectivity index (χ1v) is 8.83. The number of amides is 1. The van der Waals surface area contributed by atoms with Crippen LogP contribution in [-0.2, 0) is 0 Å². The number of rotatable bonds is 3. The second-order valence-corrected chi connectivity index (χ2v) is 6.86. The Balaban J connectivity index is 1.69. The summed E-state index contributed by atoms with van der Waals surface area (Å²) < 4.78 is 41.4. The van der Waals surface area contributed by atoms with Gasteiger partial charge in [-0.25, -0.2) is 22.7 Å². The lowest BCUT2D eigenvalue weighted by atomic mass is 9.84. The van der Waals surface area contributed by atoms with E-state index < -0.39 is 18.1 Å². The van der Waals surface area contributed by atoms with Crippen LogP contribution in [0.3, 0.4) is 0 Å². The van der Waals surface area contributed by atoms with E-state index in [0.29, 0.717) is 18.7 Å². The Morgan fingerprint density at radius 1 is 1.29 bits per heavy atom. The van der Waals surface area contributed by atoms with Crippen molar-refractivity contribution >= 4 is 11.7 Å². The third kappa shape index (κ3) is 3.30. The van der Waals surface area contributed by atoms with Crippen molar-refractivity contribution in [3.63, 3.8) is 0 Å². The molecule has 1 aliphatic heterocycles. The number of halogens is 3. The van der Waals surface area contributed by atoms with Crippen LogP contribution < -0.4 is 0 Å². The van der Waals surface area contributed by atoms with Crippen LogP contribution in [-0.4, -0.2) is 48.5 Å². The Morgan fingerprint density at radius 3 is 2.86 bits per heavy atom. The van der Waals surface area contributed by atoms with E-state index in [1.807, 2.05) is 6.92 Å². The van der Waals surface area contributed by atoms with Gasteiger partial charge in [0, 0.05) is 31.3 Å². The zero-order valence-electron chi connectivity index (χ0n) is 15.0. The van der Waals surface area contributed by atoms with Crippen molar-refractivity contribution in [3.8, 4) is 0 Å². The molecule has 4 heterocycles. The van der Waals surface area contributed by atoms with Crippen LogP contribution in [0.15, 0.2) is 30.7 Å². The number of hydrogen-bond acceptors (Lipinski definition) is 5. The maximum Gasteiger partial charge on any atom is 0.280 e. The number of fused-ring (bicyclic) bond motifs is 1. The van der Waals surface area contributed by atoms with Crippen LogP contribution in [0.25, 0.3) is 5.78 Å². The minimum absolute atomic E-state index is 0.0159. The molecule has 146 valence electrons. The highest BCUT2D eigenvalue weighted by Crippen LogP contribution is 2.34. The first-order valence-electron chi connectivity index (χ1n) is 8.83. The van der Waals surface area contributed by atoms with Gasteiger partial charge < -0.3 is 4.90 Å². The van der Waals surface area contributed by atoms with Crippen LogP contribution in [0.2, 0.25) is 0 Å². The summed E-state index contributed by atoms with van der Waals surface area (Å²) >= 11 is 0. The standard InChI is InChI=1S/C18H17F3N6O/c1-10-3-5-26(17(28)14-6-11(19)2-4-22-14)8-12(10)15-7-13(16(20)21)25-18-23-9-24-27(15)18/h2,4,6-7,9-10,12,16H,3,5,8H2,1H3/t10-,12-/m1/s1. The highest BCUT2D eigenvalue weighted by Gasteiger charge is 2.33. The molecule has 0 unspecified atom stereocenters. The fraction of sp³-hybridized carbons (Fsp3) is 0.389. The van der Waals surface area contributed by atoms with Crippen molar-refractivity contribution < 1.29 is 18.0 Å². The van der Waals surface area contributed by atoms with E-state index in [1.54, 1.807) is 4.90 Å². The molecular weight excluding hydrogens is 373 g/mol. The largest absolute Gasteiger partial charge is 0.337 e. The monoisotopic (exact) mass is 390 g/mol. The summed E-state index contributed by atoms with van der Waals surface area (Å²) in [6.45, 7) is 2.75. The molecule has 1 aliphatic rings. The van der Waals surface area contributed by atoms with Gasteiger partial charge in [0.05, 0.1) is 5.69 Å². The molecular formula is C18H17F3N6O. The predicted octanol–water partition coefficient (Wildman–Crippen LogP) is 2.86. The van der Waals surface area contributed by atoms with Crippen molar-refractivity contribution in [2.75, 3.05) is 13.1 Å². The van der Waals surface area contributed by atoms with E-state index in [2.05, 4.69) is 20.1 Å². The molecule has 0 aliphatic carbocycles. The zero-order chi connectivity index (χ0) is 19.8. The number of hydrogen-bond donors (Lipinski definition) is 0. The van der Waals surface area contributed by atoms with Gasteiger partial charge in [0.1, 0.15) is 23.5 Å². The molecule has 1 fully saturated rings. The summed E-state index contributed by atoms with van der Waals surface area (Å²) in [5.41, 5.74) is 0.162. The van der Waals surface area contributed by atoms with E-state index in [4.69, 9.17) is 0 Å². The lowest BCUT2D eigenvalue weighted by Gasteiger charge is -2.37. The number of likely N-dealkylation sites (tertiary alicyclic amines) is 1. The lowest BCUT2D eigenvalue weighted by Crippen LogP contribution is -2.43. The Hall–Kier alpha value is -3.04. The smallest absolute Gasteiger partial charge is 0.280 e. The van der Waals surface area contributed by atoms with Crippen molar-refractivity contribution in [3.05, 3.63) is 53.6 Å². The molecule has 0 spiro atoms. The van der Waals surface area contributed by atoms with Gasteiger partial charge >= 0.3 is 0 Å². The molecule has 0 bridgehead atoms. The minimum atomic E-state index is -2.74. The molecule has 0 saturated carbocycles. The van der Waals surface area contributed by atoms with Crippen LogP contribution >= 0.6 is 0 Å². The molecule has 0 N–H and O–H groups in total. The van der Waals surface area contributed by atoms with Gasteiger partial charge in [0.2, 0.25) is 0 Å². The molecule has 1 amide bonds. The fourth-order valence-electron chi connectivity index (χ4n) is 3.55. The van der Waals surface area contributed by atoms with Crippen molar-refractivity contribution in [2.24, 2.45) is 5.92 Å². The van der Waals surface area contributed by atoms with Gasteiger partial charge in [-0.1, -0.05) is 6.92 Å². The van der Waals surface area contributed by atoms with Gasteiger partial charge in [-0.3, -0.25) is 9.78 Å². The van der Waals surface area contributed by atoms with Gasteiger partial charge in [-0.15, -0.1) is 0 Å². The zero-order valence-corrected chi connectivity index (χ0v) is 15.0. The van der Waals surface area contributed by atoms with Crippen LogP contribution in [0, 0.1) is 11.7 Å². The summed E-state index contributed by atoms with van der Waals surface area (Å²) in [5.74, 6) is -0.981. The Labute approximate surface area is 158 Å². The lowest BCUT2D eigenvalue weighted by molar-refractivity contribution is 0.0659. The number of alkyl halides is 2. The number of aromatic nitrogens is 5. The van der Waals surface area contributed by atoms with E-state index in [0.717, 1.165) is 6.07 Å². The number of nitrogens with zero attached hydrogens (tertiary/aromatic N) is 6. The Bertz CT molecular complexity index is 1020. The maximum absolute atomic E-state index is 13.5. The highest BCUT2D eigenvalue weighted by molar-refractivity contribution is 5.92. The molecule has 7 nitrogen and oxygen atoms in total. The molecule has 2 atom stereocenters. The number of piperidine rings is 1. The summed E-state index contributed by atoms with van der Waals surface area (Å²) in [7, 11) is 0.